The summed E-state index contributed by atoms with van der Waals surface area (Å²) < 4.78 is 9.67. The van der Waals surface area contributed by atoms with E-state index in [1.54, 1.807) is 6.92 Å². The molecule has 0 heterocycles. The van der Waals surface area contributed by atoms with Crippen molar-refractivity contribution in [3.05, 3.63) is 0 Å². The summed E-state index contributed by atoms with van der Waals surface area (Å²) in [5, 5.41) is 11.8. The SMILES string of the molecule is CCC(=O)O[C@H](C)OC(=O)NC[C@@H](C[C@@H](CC)CC(C)C)C(=O)O. The molecule has 0 saturated heterocycles. The summed E-state index contributed by atoms with van der Waals surface area (Å²) in [7, 11) is 0. The van der Waals surface area contributed by atoms with Gasteiger partial charge in [0.2, 0.25) is 6.29 Å². The molecule has 0 bridgehead atoms. The van der Waals surface area contributed by atoms with Crippen LogP contribution in [0, 0.1) is 17.8 Å². The van der Waals surface area contributed by atoms with E-state index in [0.29, 0.717) is 18.3 Å². The molecule has 0 aliphatic carbocycles. The fraction of sp³-hybridized carbons (Fsp3) is 0.824. The maximum Gasteiger partial charge on any atom is 0.410 e. The molecular formula is C17H31NO6. The molecule has 0 aromatic carbocycles. The second-order valence-corrected chi connectivity index (χ2v) is 6.37. The summed E-state index contributed by atoms with van der Waals surface area (Å²) in [5.41, 5.74) is 0. The lowest BCUT2D eigenvalue weighted by atomic mass is 9.86. The Balaban J connectivity index is 4.40. The molecule has 0 spiro atoms. The Kier molecular flexibility index (Phi) is 10.8. The van der Waals surface area contributed by atoms with Gasteiger partial charge in [0.05, 0.1) is 5.92 Å². The summed E-state index contributed by atoms with van der Waals surface area (Å²) in [6.45, 7) is 9.29. The van der Waals surface area contributed by atoms with Gasteiger partial charge in [-0.1, -0.05) is 34.1 Å². The van der Waals surface area contributed by atoms with Gasteiger partial charge in [0, 0.05) is 19.9 Å². The molecule has 0 radical (unpaired) electrons. The van der Waals surface area contributed by atoms with E-state index in [4.69, 9.17) is 9.47 Å². The van der Waals surface area contributed by atoms with Crippen molar-refractivity contribution in [2.45, 2.75) is 66.6 Å². The van der Waals surface area contributed by atoms with Gasteiger partial charge in [-0.25, -0.2) is 4.79 Å². The number of nitrogens with one attached hydrogen (secondary N) is 1. The van der Waals surface area contributed by atoms with Gasteiger partial charge in [0.1, 0.15) is 0 Å². The maximum atomic E-state index is 11.7. The predicted octanol–water partition coefficient (Wildman–Crippen LogP) is 3.18. The normalized spacial score (nSPS) is 14.6. The first-order valence-corrected chi connectivity index (χ1v) is 8.56. The Bertz CT molecular complexity index is 410. The van der Waals surface area contributed by atoms with Gasteiger partial charge in [-0.15, -0.1) is 0 Å². The van der Waals surface area contributed by atoms with E-state index in [1.807, 2.05) is 6.92 Å². The number of amides is 1. The molecule has 7 heteroatoms. The Hall–Kier alpha value is -1.79. The van der Waals surface area contributed by atoms with Crippen molar-refractivity contribution in [1.29, 1.82) is 0 Å². The molecule has 0 aromatic heterocycles. The molecule has 3 atom stereocenters. The van der Waals surface area contributed by atoms with Crippen LogP contribution in [0.2, 0.25) is 0 Å². The fourth-order valence-corrected chi connectivity index (χ4v) is 2.46. The van der Waals surface area contributed by atoms with Gasteiger partial charge in [0.15, 0.2) is 0 Å². The van der Waals surface area contributed by atoms with Crippen LogP contribution in [-0.4, -0.2) is 36.0 Å². The van der Waals surface area contributed by atoms with Crippen LogP contribution >= 0.6 is 0 Å². The minimum Gasteiger partial charge on any atom is -0.481 e. The molecule has 0 rings (SSSR count). The lowest BCUT2D eigenvalue weighted by Gasteiger charge is -2.22. The zero-order valence-electron chi connectivity index (χ0n) is 15.3. The number of carboxylic acid groups (broad SMARTS) is 1. The van der Waals surface area contributed by atoms with Crippen LogP contribution in [0.3, 0.4) is 0 Å². The third-order valence-corrected chi connectivity index (χ3v) is 3.70. The fourth-order valence-electron chi connectivity index (χ4n) is 2.46. The summed E-state index contributed by atoms with van der Waals surface area (Å²) in [6.07, 6.45) is 0.736. The van der Waals surface area contributed by atoms with Crippen molar-refractivity contribution in [2.24, 2.45) is 17.8 Å². The molecule has 0 fully saturated rings. The minimum atomic E-state index is -1.01. The largest absolute Gasteiger partial charge is 0.481 e. The van der Waals surface area contributed by atoms with E-state index in [0.717, 1.165) is 12.8 Å². The van der Waals surface area contributed by atoms with Crippen LogP contribution < -0.4 is 5.32 Å². The lowest BCUT2D eigenvalue weighted by Crippen LogP contribution is -2.36. The second-order valence-electron chi connectivity index (χ2n) is 6.37. The maximum absolute atomic E-state index is 11.7. The van der Waals surface area contributed by atoms with Gasteiger partial charge >= 0.3 is 18.0 Å². The Morgan fingerprint density at radius 3 is 2.12 bits per heavy atom. The molecule has 7 nitrogen and oxygen atoms in total. The van der Waals surface area contributed by atoms with Crippen LogP contribution in [0.4, 0.5) is 4.79 Å². The van der Waals surface area contributed by atoms with Crippen molar-refractivity contribution in [3.63, 3.8) is 0 Å². The summed E-state index contributed by atoms with van der Waals surface area (Å²) in [6, 6.07) is 0. The minimum absolute atomic E-state index is 0.0167. The Labute approximate surface area is 144 Å². The molecule has 0 unspecified atom stereocenters. The van der Waals surface area contributed by atoms with Crippen molar-refractivity contribution >= 4 is 18.0 Å². The van der Waals surface area contributed by atoms with Crippen LogP contribution in [0.25, 0.3) is 0 Å². The van der Waals surface area contributed by atoms with Crippen LogP contribution in [0.15, 0.2) is 0 Å². The summed E-state index contributed by atoms with van der Waals surface area (Å²) in [5.74, 6) is -1.29. The van der Waals surface area contributed by atoms with E-state index < -0.39 is 30.2 Å². The number of esters is 1. The highest BCUT2D eigenvalue weighted by atomic mass is 16.7. The molecule has 1 amide bonds. The number of ether oxygens (including phenoxy) is 2. The van der Waals surface area contributed by atoms with E-state index in [1.165, 1.54) is 6.92 Å². The van der Waals surface area contributed by atoms with Crippen LogP contribution in [0.1, 0.15) is 60.3 Å². The highest BCUT2D eigenvalue weighted by Gasteiger charge is 2.24. The van der Waals surface area contributed by atoms with E-state index in [9.17, 15) is 19.5 Å². The number of carboxylic acids is 1. The highest BCUT2D eigenvalue weighted by Crippen LogP contribution is 2.23. The second kappa shape index (κ2) is 11.7. The van der Waals surface area contributed by atoms with Crippen molar-refractivity contribution in [2.75, 3.05) is 6.54 Å². The number of carbonyl (C=O) groups excluding carboxylic acids is 2. The van der Waals surface area contributed by atoms with Crippen LogP contribution in [0.5, 0.6) is 0 Å². The molecule has 2 N–H and O–H groups in total. The monoisotopic (exact) mass is 345 g/mol. The molecule has 0 aliphatic rings. The third kappa shape index (κ3) is 10.1. The zero-order chi connectivity index (χ0) is 18.7. The topological polar surface area (TPSA) is 102 Å². The van der Waals surface area contributed by atoms with Crippen LogP contribution in [-0.2, 0) is 19.1 Å². The molecule has 0 saturated carbocycles. The Morgan fingerprint density at radius 2 is 1.67 bits per heavy atom. The zero-order valence-corrected chi connectivity index (χ0v) is 15.3. The first-order chi connectivity index (χ1) is 11.2. The first-order valence-electron chi connectivity index (χ1n) is 8.56. The van der Waals surface area contributed by atoms with Gasteiger partial charge in [0.25, 0.3) is 0 Å². The number of hydrogen-bond donors (Lipinski definition) is 2. The molecule has 0 aromatic rings. The Morgan fingerprint density at radius 1 is 1.04 bits per heavy atom. The number of alkyl carbamates (subject to hydrolysis) is 1. The quantitative estimate of drug-likeness (QED) is 0.440. The predicted molar refractivity (Wildman–Crippen MR) is 89.3 cm³/mol. The lowest BCUT2D eigenvalue weighted by molar-refractivity contribution is -0.164. The molecule has 0 aliphatic heterocycles. The average Bonchev–Trinajstić information content (AvgIpc) is 2.48. The summed E-state index contributed by atoms with van der Waals surface area (Å²) >= 11 is 0. The number of hydrogen-bond acceptors (Lipinski definition) is 5. The third-order valence-electron chi connectivity index (χ3n) is 3.70. The molecule has 24 heavy (non-hydrogen) atoms. The highest BCUT2D eigenvalue weighted by molar-refractivity contribution is 5.73. The first kappa shape index (κ1) is 22.2. The average molecular weight is 345 g/mol. The van der Waals surface area contributed by atoms with Crippen molar-refractivity contribution in [1.82, 2.24) is 5.32 Å². The van der Waals surface area contributed by atoms with E-state index in [2.05, 4.69) is 19.2 Å². The van der Waals surface area contributed by atoms with Gasteiger partial charge in [-0.2, -0.15) is 0 Å². The van der Waals surface area contributed by atoms with Gasteiger partial charge in [-0.05, 0) is 24.7 Å². The molecule has 140 valence electrons. The molecular weight excluding hydrogens is 314 g/mol. The van der Waals surface area contributed by atoms with Crippen molar-refractivity contribution < 1.29 is 29.0 Å². The van der Waals surface area contributed by atoms with Crippen molar-refractivity contribution in [3.8, 4) is 0 Å². The van der Waals surface area contributed by atoms with Gasteiger partial charge in [-0.3, -0.25) is 9.59 Å². The summed E-state index contributed by atoms with van der Waals surface area (Å²) in [4.78, 5) is 34.2. The van der Waals surface area contributed by atoms with Gasteiger partial charge < -0.3 is 19.9 Å². The van der Waals surface area contributed by atoms with E-state index >= 15 is 0 Å². The van der Waals surface area contributed by atoms with E-state index in [-0.39, 0.29) is 13.0 Å². The smallest absolute Gasteiger partial charge is 0.410 e. The number of aliphatic carboxylic acids is 1. The number of carbonyl (C=O) groups is 3. The number of rotatable bonds is 11. The standard InChI is InChI=1S/C17H31NO6/c1-6-13(8-11(3)4)9-14(16(20)21)10-18-17(22)24-12(5)23-15(19)7-2/h11-14H,6-10H2,1-5H3,(H,18,22)(H,20,21)/t12-,13-,14+/m0/s1.